The summed E-state index contributed by atoms with van der Waals surface area (Å²) in [4.78, 5) is 15.1. The Morgan fingerprint density at radius 2 is 1.79 bits per heavy atom. The van der Waals surface area contributed by atoms with Crippen molar-refractivity contribution < 1.29 is 4.79 Å². The zero-order chi connectivity index (χ0) is 19.9. The zero-order valence-electron chi connectivity index (χ0n) is 16.6. The third-order valence-electron chi connectivity index (χ3n) is 5.05. The fraction of sp³-hybridized carbons (Fsp3) is 0.292. The lowest BCUT2D eigenvalue weighted by molar-refractivity contribution is 0.0737. The second kappa shape index (κ2) is 9.61. The van der Waals surface area contributed by atoms with Gasteiger partial charge in [0.2, 0.25) is 0 Å². The lowest BCUT2D eigenvalue weighted by Crippen LogP contribution is -2.32. The molecule has 3 aromatic rings. The number of hydrogen-bond acceptors (Lipinski definition) is 1. The number of amides is 1. The second-order valence-electron chi connectivity index (χ2n) is 7.11. The number of rotatable bonds is 8. The molecule has 1 heterocycles. The minimum Gasteiger partial charge on any atom is -0.345 e. The van der Waals surface area contributed by atoms with Crippen LogP contribution in [-0.2, 0) is 13.1 Å². The van der Waals surface area contributed by atoms with E-state index in [1.807, 2.05) is 23.1 Å². The number of benzene rings is 2. The molecule has 0 bridgehead atoms. The molecule has 0 radical (unpaired) electrons. The summed E-state index contributed by atoms with van der Waals surface area (Å²) < 4.78 is 2.22. The van der Waals surface area contributed by atoms with Gasteiger partial charge in [-0.05, 0) is 48.7 Å². The van der Waals surface area contributed by atoms with Crippen LogP contribution in [0.25, 0.3) is 0 Å². The molecule has 0 saturated heterocycles. The molecule has 0 saturated carbocycles. The third kappa shape index (κ3) is 4.85. The van der Waals surface area contributed by atoms with Crippen LogP contribution < -0.4 is 0 Å². The van der Waals surface area contributed by atoms with E-state index in [1.54, 1.807) is 12.1 Å². The van der Waals surface area contributed by atoms with E-state index in [-0.39, 0.29) is 5.91 Å². The Bertz CT molecular complexity index is 932. The summed E-state index contributed by atoms with van der Waals surface area (Å²) in [6, 6.07) is 19.8. The molecule has 0 aliphatic carbocycles. The van der Waals surface area contributed by atoms with Gasteiger partial charge in [0, 0.05) is 25.0 Å². The van der Waals surface area contributed by atoms with Crippen molar-refractivity contribution in [2.24, 2.45) is 0 Å². The molecule has 0 fully saturated rings. The average Bonchev–Trinajstić information content (AvgIpc) is 3.13. The minimum absolute atomic E-state index is 0.0114. The van der Waals surface area contributed by atoms with Crippen LogP contribution in [0.15, 0.2) is 66.9 Å². The van der Waals surface area contributed by atoms with Gasteiger partial charge in [0.1, 0.15) is 0 Å². The van der Waals surface area contributed by atoms with Crippen LogP contribution in [-0.4, -0.2) is 21.9 Å². The lowest BCUT2D eigenvalue weighted by atomic mass is 10.1. The van der Waals surface area contributed by atoms with Gasteiger partial charge in [-0.25, -0.2) is 0 Å². The van der Waals surface area contributed by atoms with Crippen LogP contribution >= 0.6 is 11.6 Å². The van der Waals surface area contributed by atoms with E-state index >= 15 is 0 Å². The summed E-state index contributed by atoms with van der Waals surface area (Å²) in [6.07, 6.45) is 4.09. The van der Waals surface area contributed by atoms with Crippen molar-refractivity contribution in [3.63, 3.8) is 0 Å². The maximum Gasteiger partial charge on any atom is 0.255 e. The fourth-order valence-electron chi connectivity index (χ4n) is 3.32. The van der Waals surface area contributed by atoms with Crippen LogP contribution in [0.2, 0.25) is 5.02 Å². The molecule has 3 rings (SSSR count). The van der Waals surface area contributed by atoms with E-state index in [0.717, 1.165) is 31.6 Å². The first-order chi connectivity index (χ1) is 13.6. The highest BCUT2D eigenvalue weighted by atomic mass is 35.5. The number of nitrogens with zero attached hydrogens (tertiary/aromatic N) is 2. The number of carbonyl (C=O) groups excluding carboxylic acids is 1. The largest absolute Gasteiger partial charge is 0.345 e. The summed E-state index contributed by atoms with van der Waals surface area (Å²) in [5, 5.41) is 0.504. The van der Waals surface area contributed by atoms with Gasteiger partial charge in [-0.2, -0.15) is 0 Å². The summed E-state index contributed by atoms with van der Waals surface area (Å²) in [7, 11) is 0. The highest BCUT2D eigenvalue weighted by Gasteiger charge is 2.19. The molecule has 4 heteroatoms. The van der Waals surface area contributed by atoms with Crippen LogP contribution in [0.1, 0.15) is 46.9 Å². The van der Waals surface area contributed by atoms with Crippen molar-refractivity contribution in [2.75, 3.05) is 6.54 Å². The minimum atomic E-state index is -0.0114. The number of aromatic nitrogens is 1. The number of unbranched alkanes of at least 4 members (excludes halogenated alkanes) is 1. The van der Waals surface area contributed by atoms with Crippen LogP contribution in [0, 0.1) is 6.92 Å². The molecule has 0 spiro atoms. The average molecular weight is 395 g/mol. The van der Waals surface area contributed by atoms with Crippen molar-refractivity contribution in [2.45, 2.75) is 39.8 Å². The highest BCUT2D eigenvalue weighted by molar-refractivity contribution is 6.33. The Hall–Kier alpha value is -2.52. The monoisotopic (exact) mass is 394 g/mol. The van der Waals surface area contributed by atoms with Crippen molar-refractivity contribution in [1.29, 1.82) is 0 Å². The zero-order valence-corrected chi connectivity index (χ0v) is 17.3. The molecule has 0 N–H and O–H groups in total. The molecule has 2 aromatic carbocycles. The maximum absolute atomic E-state index is 13.2. The van der Waals surface area contributed by atoms with E-state index in [9.17, 15) is 4.79 Å². The Morgan fingerprint density at radius 3 is 2.54 bits per heavy atom. The smallest absolute Gasteiger partial charge is 0.255 e. The summed E-state index contributed by atoms with van der Waals surface area (Å²) in [5.74, 6) is -0.0114. The van der Waals surface area contributed by atoms with Gasteiger partial charge in [-0.1, -0.05) is 61.3 Å². The Balaban J connectivity index is 1.82. The van der Waals surface area contributed by atoms with Gasteiger partial charge < -0.3 is 9.47 Å². The molecule has 1 amide bonds. The quantitative estimate of drug-likeness (QED) is 0.464. The standard InChI is InChI=1S/C24H27ClN2O/c1-3-4-15-27(24(28)22-13-7-8-14-23(22)25)18-21-12-9-16-26(21)17-20-11-6-5-10-19(20)2/h5-14,16H,3-4,15,17-18H2,1-2H3. The van der Waals surface area contributed by atoms with Crippen molar-refractivity contribution >= 4 is 17.5 Å². The van der Waals surface area contributed by atoms with Crippen molar-refractivity contribution in [1.82, 2.24) is 9.47 Å². The van der Waals surface area contributed by atoms with Gasteiger partial charge in [-0.3, -0.25) is 4.79 Å². The van der Waals surface area contributed by atoms with Gasteiger partial charge in [0.15, 0.2) is 0 Å². The van der Waals surface area contributed by atoms with Gasteiger partial charge in [0.05, 0.1) is 17.1 Å². The number of hydrogen-bond donors (Lipinski definition) is 0. The molecule has 1 aromatic heterocycles. The summed E-state index contributed by atoms with van der Waals surface area (Å²) >= 11 is 6.28. The van der Waals surface area contributed by atoms with E-state index in [1.165, 1.54) is 11.1 Å². The summed E-state index contributed by atoms with van der Waals surface area (Å²) in [5.41, 5.74) is 4.26. The molecular formula is C24H27ClN2O. The maximum atomic E-state index is 13.2. The van der Waals surface area contributed by atoms with E-state index in [4.69, 9.17) is 11.6 Å². The third-order valence-corrected chi connectivity index (χ3v) is 5.38. The molecular weight excluding hydrogens is 368 g/mol. The van der Waals surface area contributed by atoms with Crippen LogP contribution in [0.3, 0.4) is 0 Å². The van der Waals surface area contributed by atoms with Crippen molar-refractivity contribution in [3.05, 3.63) is 94.3 Å². The predicted molar refractivity (Wildman–Crippen MR) is 116 cm³/mol. The number of carbonyl (C=O) groups is 1. The molecule has 146 valence electrons. The fourth-order valence-corrected chi connectivity index (χ4v) is 3.54. The topological polar surface area (TPSA) is 25.2 Å². The van der Waals surface area contributed by atoms with Crippen LogP contribution in [0.4, 0.5) is 0 Å². The second-order valence-corrected chi connectivity index (χ2v) is 7.52. The van der Waals surface area contributed by atoms with Gasteiger partial charge in [-0.15, -0.1) is 0 Å². The normalized spacial score (nSPS) is 10.8. The highest BCUT2D eigenvalue weighted by Crippen LogP contribution is 2.20. The first-order valence-corrected chi connectivity index (χ1v) is 10.2. The van der Waals surface area contributed by atoms with Gasteiger partial charge >= 0.3 is 0 Å². The Kier molecular flexibility index (Phi) is 6.94. The molecule has 28 heavy (non-hydrogen) atoms. The SMILES string of the molecule is CCCCN(Cc1cccn1Cc1ccccc1C)C(=O)c1ccccc1Cl. The Labute approximate surface area is 172 Å². The molecule has 0 atom stereocenters. The molecule has 0 unspecified atom stereocenters. The van der Waals surface area contributed by atoms with Crippen molar-refractivity contribution in [3.8, 4) is 0 Å². The molecule has 3 nitrogen and oxygen atoms in total. The van der Waals surface area contributed by atoms with E-state index in [2.05, 4.69) is 54.9 Å². The lowest BCUT2D eigenvalue weighted by Gasteiger charge is -2.24. The van der Waals surface area contributed by atoms with E-state index in [0.29, 0.717) is 17.1 Å². The molecule has 0 aliphatic heterocycles. The number of halogens is 1. The predicted octanol–water partition coefficient (Wildman–Crippen LogP) is 5.94. The first-order valence-electron chi connectivity index (χ1n) is 9.82. The number of aryl methyl sites for hydroxylation is 1. The first kappa shape index (κ1) is 20.2. The molecule has 0 aliphatic rings. The van der Waals surface area contributed by atoms with Gasteiger partial charge in [0.25, 0.3) is 5.91 Å². The van der Waals surface area contributed by atoms with E-state index < -0.39 is 0 Å². The Morgan fingerprint density at radius 1 is 1.04 bits per heavy atom. The summed E-state index contributed by atoms with van der Waals surface area (Å²) in [6.45, 7) is 6.36. The van der Waals surface area contributed by atoms with Crippen LogP contribution in [0.5, 0.6) is 0 Å².